The summed E-state index contributed by atoms with van der Waals surface area (Å²) in [5.74, 6) is 0. The third-order valence-corrected chi connectivity index (χ3v) is 5.39. The maximum absolute atomic E-state index is 12.4. The fourth-order valence-corrected chi connectivity index (χ4v) is 4.12. The van der Waals surface area contributed by atoms with Gasteiger partial charge in [0.05, 0.1) is 16.7 Å². The Morgan fingerprint density at radius 1 is 1.50 bits per heavy atom. The van der Waals surface area contributed by atoms with Crippen LogP contribution in [0.25, 0.3) is 0 Å². The number of benzene rings is 1. The Labute approximate surface area is 124 Å². The summed E-state index contributed by atoms with van der Waals surface area (Å²) in [6.45, 7) is 2.84. The van der Waals surface area contributed by atoms with Crippen LogP contribution >= 0.6 is 11.6 Å². The lowest BCUT2D eigenvalue weighted by Crippen LogP contribution is -2.51. The van der Waals surface area contributed by atoms with Gasteiger partial charge in [-0.15, -0.1) is 0 Å². The van der Waals surface area contributed by atoms with E-state index in [-0.39, 0.29) is 27.6 Å². The summed E-state index contributed by atoms with van der Waals surface area (Å²) in [6, 6.07) is 6.03. The third kappa shape index (κ3) is 3.30. The van der Waals surface area contributed by atoms with E-state index in [0.29, 0.717) is 0 Å². The van der Waals surface area contributed by atoms with E-state index in [9.17, 15) is 8.42 Å². The maximum Gasteiger partial charge on any atom is 0.242 e. The molecule has 108 valence electrons. The van der Waals surface area contributed by atoms with Crippen molar-refractivity contribution in [3.63, 3.8) is 0 Å². The zero-order valence-electron chi connectivity index (χ0n) is 11.1. The van der Waals surface area contributed by atoms with Gasteiger partial charge >= 0.3 is 0 Å². The molecule has 0 radical (unpaired) electrons. The molecular weight excluding hydrogens is 298 g/mol. The normalized spacial score (nSPS) is 23.2. The Morgan fingerprint density at radius 2 is 2.25 bits per heavy atom. The van der Waals surface area contributed by atoms with Gasteiger partial charge in [0.2, 0.25) is 10.0 Å². The third-order valence-electron chi connectivity index (χ3n) is 3.42. The second-order valence-corrected chi connectivity index (χ2v) is 6.96. The lowest BCUT2D eigenvalue weighted by molar-refractivity contribution is 0.349. The average Bonchev–Trinajstić information content (AvgIpc) is 2.41. The summed E-state index contributed by atoms with van der Waals surface area (Å²) in [4.78, 5) is -0.0454. The van der Waals surface area contributed by atoms with Crippen LogP contribution in [-0.2, 0) is 10.0 Å². The van der Waals surface area contributed by atoms with Gasteiger partial charge in [-0.1, -0.05) is 11.6 Å². The smallest absolute Gasteiger partial charge is 0.242 e. The van der Waals surface area contributed by atoms with Gasteiger partial charge in [-0.05, 0) is 44.5 Å². The number of piperidine rings is 1. The molecule has 5 nitrogen and oxygen atoms in total. The lowest BCUT2D eigenvalue weighted by Gasteiger charge is -2.30. The predicted octanol–water partition coefficient (Wildman–Crippen LogP) is 1.63. The summed E-state index contributed by atoms with van der Waals surface area (Å²) in [5, 5.41) is 12.2. The van der Waals surface area contributed by atoms with E-state index < -0.39 is 10.0 Å². The van der Waals surface area contributed by atoms with Crippen LogP contribution in [0.4, 0.5) is 0 Å². The number of nitriles is 1. The van der Waals surface area contributed by atoms with Gasteiger partial charge in [-0.25, -0.2) is 13.1 Å². The molecule has 0 spiro atoms. The fourth-order valence-electron chi connectivity index (χ4n) is 2.25. The average molecular weight is 314 g/mol. The van der Waals surface area contributed by atoms with E-state index >= 15 is 0 Å². The van der Waals surface area contributed by atoms with Crippen LogP contribution < -0.4 is 10.0 Å². The van der Waals surface area contributed by atoms with Crippen LogP contribution in [0.3, 0.4) is 0 Å². The first kappa shape index (κ1) is 15.3. The van der Waals surface area contributed by atoms with Crippen molar-refractivity contribution in [2.75, 3.05) is 6.54 Å². The van der Waals surface area contributed by atoms with Gasteiger partial charge in [0.25, 0.3) is 0 Å². The summed E-state index contributed by atoms with van der Waals surface area (Å²) < 4.78 is 27.5. The van der Waals surface area contributed by atoms with Gasteiger partial charge in [0.15, 0.2) is 0 Å². The predicted molar refractivity (Wildman–Crippen MR) is 77.0 cm³/mol. The van der Waals surface area contributed by atoms with Crippen molar-refractivity contribution in [2.24, 2.45) is 0 Å². The zero-order valence-corrected chi connectivity index (χ0v) is 12.6. The van der Waals surface area contributed by atoms with Crippen molar-refractivity contribution in [1.29, 1.82) is 5.26 Å². The number of rotatable bonds is 3. The molecule has 7 heteroatoms. The molecule has 0 bridgehead atoms. The molecule has 2 atom stereocenters. The molecule has 2 unspecified atom stereocenters. The van der Waals surface area contributed by atoms with Crippen LogP contribution in [-0.4, -0.2) is 27.0 Å². The van der Waals surface area contributed by atoms with Crippen molar-refractivity contribution in [2.45, 2.75) is 36.7 Å². The van der Waals surface area contributed by atoms with Crippen molar-refractivity contribution >= 4 is 21.6 Å². The highest BCUT2D eigenvalue weighted by molar-refractivity contribution is 7.89. The van der Waals surface area contributed by atoms with Gasteiger partial charge in [0, 0.05) is 12.1 Å². The van der Waals surface area contributed by atoms with Gasteiger partial charge in [-0.2, -0.15) is 5.26 Å². The Balaban J connectivity index is 2.28. The quantitative estimate of drug-likeness (QED) is 0.888. The number of hydrogen-bond donors (Lipinski definition) is 2. The Morgan fingerprint density at radius 3 is 2.90 bits per heavy atom. The number of nitrogens with zero attached hydrogens (tertiary/aromatic N) is 1. The van der Waals surface area contributed by atoms with Gasteiger partial charge in [0.1, 0.15) is 4.90 Å². The van der Waals surface area contributed by atoms with Crippen molar-refractivity contribution < 1.29 is 8.42 Å². The molecule has 2 N–H and O–H groups in total. The first-order chi connectivity index (χ1) is 9.44. The van der Waals surface area contributed by atoms with E-state index in [2.05, 4.69) is 10.0 Å². The summed E-state index contributed by atoms with van der Waals surface area (Å²) >= 11 is 5.95. The molecular formula is C13H16ClN3O2S. The summed E-state index contributed by atoms with van der Waals surface area (Å²) in [7, 11) is -3.73. The molecule has 1 aliphatic rings. The largest absolute Gasteiger partial charge is 0.313 e. The molecule has 1 saturated heterocycles. The van der Waals surface area contributed by atoms with Crippen LogP contribution in [0.1, 0.15) is 25.3 Å². The molecule has 0 aliphatic carbocycles. The van der Waals surface area contributed by atoms with Crippen LogP contribution in [0.5, 0.6) is 0 Å². The van der Waals surface area contributed by atoms with E-state index in [4.69, 9.17) is 16.9 Å². The fraction of sp³-hybridized carbons (Fsp3) is 0.462. The monoisotopic (exact) mass is 313 g/mol. The highest BCUT2D eigenvalue weighted by Crippen LogP contribution is 2.23. The molecule has 0 aromatic heterocycles. The second-order valence-electron chi connectivity index (χ2n) is 4.87. The molecule has 1 aromatic rings. The molecule has 1 heterocycles. The minimum absolute atomic E-state index is 0.0454. The highest BCUT2D eigenvalue weighted by atomic mass is 35.5. The number of sulfonamides is 1. The first-order valence-corrected chi connectivity index (χ1v) is 8.25. The van der Waals surface area contributed by atoms with E-state index in [0.717, 1.165) is 19.4 Å². The molecule has 20 heavy (non-hydrogen) atoms. The molecule has 2 rings (SSSR count). The Kier molecular flexibility index (Phi) is 4.66. The van der Waals surface area contributed by atoms with Crippen LogP contribution in [0.15, 0.2) is 23.1 Å². The lowest BCUT2D eigenvalue weighted by atomic mass is 10.0. The second kappa shape index (κ2) is 6.10. The SMILES string of the molecule is CC1NCCCC1NS(=O)(=O)c1cc(C#N)ccc1Cl. The standard InChI is InChI=1S/C13H16ClN3O2S/c1-9-12(3-2-6-16-9)17-20(18,19)13-7-10(8-15)4-5-11(13)14/h4-5,7,9,12,16-17H,2-3,6H2,1H3. The Hall–Kier alpha value is -1.13. The molecule has 0 amide bonds. The van der Waals surface area contributed by atoms with Gasteiger partial charge < -0.3 is 5.32 Å². The Bertz CT molecular complexity index is 640. The van der Waals surface area contributed by atoms with Crippen LogP contribution in [0.2, 0.25) is 5.02 Å². The summed E-state index contributed by atoms with van der Waals surface area (Å²) in [5.41, 5.74) is 0.268. The highest BCUT2D eigenvalue weighted by Gasteiger charge is 2.27. The topological polar surface area (TPSA) is 82.0 Å². The molecule has 1 fully saturated rings. The van der Waals surface area contributed by atoms with E-state index in [1.54, 1.807) is 0 Å². The van der Waals surface area contributed by atoms with Crippen molar-refractivity contribution in [3.8, 4) is 6.07 Å². The minimum atomic E-state index is -3.73. The summed E-state index contributed by atoms with van der Waals surface area (Å²) in [6.07, 6.45) is 1.70. The van der Waals surface area contributed by atoms with E-state index in [1.807, 2.05) is 13.0 Å². The number of halogens is 1. The molecule has 1 aromatic carbocycles. The van der Waals surface area contributed by atoms with Crippen LogP contribution in [0, 0.1) is 11.3 Å². The van der Waals surface area contributed by atoms with Crippen molar-refractivity contribution in [1.82, 2.24) is 10.0 Å². The first-order valence-electron chi connectivity index (χ1n) is 6.39. The minimum Gasteiger partial charge on any atom is -0.313 e. The van der Waals surface area contributed by atoms with E-state index in [1.165, 1.54) is 18.2 Å². The number of nitrogens with one attached hydrogen (secondary N) is 2. The number of hydrogen-bond acceptors (Lipinski definition) is 4. The van der Waals surface area contributed by atoms with Gasteiger partial charge in [-0.3, -0.25) is 0 Å². The van der Waals surface area contributed by atoms with Crippen molar-refractivity contribution in [3.05, 3.63) is 28.8 Å². The maximum atomic E-state index is 12.4. The molecule has 0 saturated carbocycles. The molecule has 1 aliphatic heterocycles. The zero-order chi connectivity index (χ0) is 14.8.